The van der Waals surface area contributed by atoms with Gasteiger partial charge in [-0.3, -0.25) is 0 Å². The van der Waals surface area contributed by atoms with Gasteiger partial charge in [0.25, 0.3) is 5.22 Å². The molecular formula is C13H18N2OS. The molecular weight excluding hydrogens is 232 g/mol. The van der Waals surface area contributed by atoms with E-state index in [0.29, 0.717) is 5.92 Å². The first-order valence-electron chi connectivity index (χ1n) is 5.95. The zero-order valence-electron chi connectivity index (χ0n) is 10.3. The fourth-order valence-corrected chi connectivity index (χ4v) is 2.25. The van der Waals surface area contributed by atoms with Gasteiger partial charge >= 0.3 is 0 Å². The summed E-state index contributed by atoms with van der Waals surface area (Å²) < 4.78 is 5.62. The molecule has 1 N–H and O–H groups in total. The van der Waals surface area contributed by atoms with Crippen LogP contribution < -0.4 is 5.32 Å². The van der Waals surface area contributed by atoms with Gasteiger partial charge in [-0.1, -0.05) is 37.7 Å². The number of thioether (sulfide) groups is 1. The third kappa shape index (κ3) is 3.75. The first kappa shape index (κ1) is 12.5. The van der Waals surface area contributed by atoms with Gasteiger partial charge < -0.3 is 9.73 Å². The van der Waals surface area contributed by atoms with Crippen molar-refractivity contribution < 1.29 is 4.42 Å². The summed E-state index contributed by atoms with van der Waals surface area (Å²) in [5.74, 6) is 1.68. The average Bonchev–Trinajstić information content (AvgIpc) is 2.70. The monoisotopic (exact) mass is 250 g/mol. The van der Waals surface area contributed by atoms with Gasteiger partial charge in [-0.25, -0.2) is 4.98 Å². The lowest BCUT2D eigenvalue weighted by Gasteiger charge is -2.05. The quantitative estimate of drug-likeness (QED) is 0.631. The molecule has 0 atom stereocenters. The molecule has 1 aromatic heterocycles. The van der Waals surface area contributed by atoms with Crippen LogP contribution in [-0.2, 0) is 0 Å². The summed E-state index contributed by atoms with van der Waals surface area (Å²) in [6.45, 7) is 6.47. The molecule has 0 aliphatic carbocycles. The lowest BCUT2D eigenvalue weighted by atomic mass is 10.2. The highest BCUT2D eigenvalue weighted by Gasteiger charge is 2.04. The zero-order valence-corrected chi connectivity index (χ0v) is 11.1. The van der Waals surface area contributed by atoms with Crippen LogP contribution in [0.15, 0.2) is 33.9 Å². The molecule has 2 aromatic rings. The maximum Gasteiger partial charge on any atom is 0.256 e. The Bertz CT molecular complexity index is 434. The van der Waals surface area contributed by atoms with E-state index < -0.39 is 0 Å². The maximum absolute atomic E-state index is 5.62. The van der Waals surface area contributed by atoms with E-state index in [9.17, 15) is 0 Å². The Labute approximate surface area is 106 Å². The first-order chi connectivity index (χ1) is 8.25. The van der Waals surface area contributed by atoms with Crippen LogP contribution in [0.2, 0.25) is 0 Å². The van der Waals surface area contributed by atoms with E-state index in [2.05, 4.69) is 24.1 Å². The number of nitrogens with zero attached hydrogens (tertiary/aromatic N) is 1. The Hall–Kier alpha value is -1.00. The molecule has 0 radical (unpaired) electrons. The van der Waals surface area contributed by atoms with Crippen molar-refractivity contribution in [1.82, 2.24) is 10.3 Å². The van der Waals surface area contributed by atoms with Crippen molar-refractivity contribution in [3.05, 3.63) is 24.3 Å². The normalized spacial score (nSPS) is 11.5. The minimum absolute atomic E-state index is 0.698. The molecule has 0 unspecified atom stereocenters. The fraction of sp³-hybridized carbons (Fsp3) is 0.462. The molecule has 3 nitrogen and oxygen atoms in total. The van der Waals surface area contributed by atoms with Crippen LogP contribution in [0, 0.1) is 5.92 Å². The molecule has 1 heterocycles. The Morgan fingerprint density at radius 1 is 1.35 bits per heavy atom. The SMILES string of the molecule is CC(C)CNCCSc1nc2ccccc2o1. The van der Waals surface area contributed by atoms with Crippen molar-refractivity contribution >= 4 is 22.9 Å². The summed E-state index contributed by atoms with van der Waals surface area (Å²) in [5, 5.41) is 4.16. The highest BCUT2D eigenvalue weighted by Crippen LogP contribution is 2.22. The van der Waals surface area contributed by atoms with Crippen LogP contribution >= 0.6 is 11.8 Å². The number of hydrogen-bond donors (Lipinski definition) is 1. The van der Waals surface area contributed by atoms with Gasteiger partial charge in [-0.15, -0.1) is 0 Å². The van der Waals surface area contributed by atoms with Crippen molar-refractivity contribution in [2.24, 2.45) is 5.92 Å². The second-order valence-electron chi connectivity index (χ2n) is 4.39. The number of nitrogens with one attached hydrogen (secondary N) is 1. The molecule has 1 aromatic carbocycles. The highest BCUT2D eigenvalue weighted by molar-refractivity contribution is 7.99. The van der Waals surface area contributed by atoms with Gasteiger partial charge in [0.05, 0.1) is 0 Å². The molecule has 0 amide bonds. The summed E-state index contributed by atoms with van der Waals surface area (Å²) in [4.78, 5) is 4.41. The molecule has 17 heavy (non-hydrogen) atoms. The lowest BCUT2D eigenvalue weighted by molar-refractivity contribution is 0.489. The number of hydrogen-bond acceptors (Lipinski definition) is 4. The largest absolute Gasteiger partial charge is 0.431 e. The van der Waals surface area contributed by atoms with Crippen molar-refractivity contribution in [3.63, 3.8) is 0 Å². The number of fused-ring (bicyclic) bond motifs is 1. The molecule has 0 fully saturated rings. The summed E-state index contributed by atoms with van der Waals surface area (Å²) in [5.41, 5.74) is 1.80. The zero-order chi connectivity index (χ0) is 12.1. The van der Waals surface area contributed by atoms with Crippen LogP contribution in [0.25, 0.3) is 11.1 Å². The highest BCUT2D eigenvalue weighted by atomic mass is 32.2. The smallest absolute Gasteiger partial charge is 0.256 e. The second-order valence-corrected chi connectivity index (χ2v) is 5.44. The van der Waals surface area contributed by atoms with E-state index in [1.165, 1.54) is 0 Å². The topological polar surface area (TPSA) is 38.1 Å². The Balaban J connectivity index is 1.79. The van der Waals surface area contributed by atoms with E-state index >= 15 is 0 Å². The van der Waals surface area contributed by atoms with Gasteiger partial charge in [0, 0.05) is 12.3 Å². The summed E-state index contributed by atoms with van der Waals surface area (Å²) in [7, 11) is 0. The number of para-hydroxylation sites is 2. The molecule has 0 aliphatic rings. The van der Waals surface area contributed by atoms with Gasteiger partial charge in [-0.05, 0) is 24.6 Å². The lowest BCUT2D eigenvalue weighted by Crippen LogP contribution is -2.22. The van der Waals surface area contributed by atoms with E-state index in [4.69, 9.17) is 4.42 Å². The van der Waals surface area contributed by atoms with Gasteiger partial charge in [-0.2, -0.15) is 0 Å². The van der Waals surface area contributed by atoms with Crippen LogP contribution in [0.3, 0.4) is 0 Å². The van der Waals surface area contributed by atoms with Gasteiger partial charge in [0.15, 0.2) is 5.58 Å². The molecule has 0 saturated carbocycles. The van der Waals surface area contributed by atoms with E-state index in [0.717, 1.165) is 35.2 Å². The van der Waals surface area contributed by atoms with E-state index in [1.54, 1.807) is 11.8 Å². The van der Waals surface area contributed by atoms with Crippen molar-refractivity contribution in [1.29, 1.82) is 0 Å². The second kappa shape index (κ2) is 6.07. The minimum Gasteiger partial charge on any atom is -0.431 e. The number of rotatable bonds is 6. The van der Waals surface area contributed by atoms with E-state index in [-0.39, 0.29) is 0 Å². The predicted octanol–water partition coefficient (Wildman–Crippen LogP) is 3.17. The molecule has 0 saturated heterocycles. The Morgan fingerprint density at radius 2 is 2.18 bits per heavy atom. The van der Waals surface area contributed by atoms with Crippen LogP contribution in [0.1, 0.15) is 13.8 Å². The third-order valence-corrected chi connectivity index (χ3v) is 3.16. The fourth-order valence-electron chi connectivity index (χ4n) is 1.51. The molecule has 4 heteroatoms. The minimum atomic E-state index is 0.698. The average molecular weight is 250 g/mol. The van der Waals surface area contributed by atoms with E-state index in [1.807, 2.05) is 24.3 Å². The number of benzene rings is 1. The third-order valence-electron chi connectivity index (χ3n) is 2.33. The van der Waals surface area contributed by atoms with Crippen molar-refractivity contribution in [2.75, 3.05) is 18.8 Å². The van der Waals surface area contributed by atoms with Crippen LogP contribution in [0.5, 0.6) is 0 Å². The Kier molecular flexibility index (Phi) is 4.45. The summed E-state index contributed by atoms with van der Waals surface area (Å²) in [6.07, 6.45) is 0. The van der Waals surface area contributed by atoms with Gasteiger partial charge in [0.2, 0.25) is 0 Å². The molecule has 0 bridgehead atoms. The Morgan fingerprint density at radius 3 is 2.94 bits per heavy atom. The van der Waals surface area contributed by atoms with Crippen molar-refractivity contribution in [2.45, 2.75) is 19.1 Å². The number of aromatic nitrogens is 1. The first-order valence-corrected chi connectivity index (χ1v) is 6.93. The number of oxazole rings is 1. The summed E-state index contributed by atoms with van der Waals surface area (Å²) >= 11 is 1.66. The van der Waals surface area contributed by atoms with Crippen molar-refractivity contribution in [3.8, 4) is 0 Å². The molecule has 2 rings (SSSR count). The summed E-state index contributed by atoms with van der Waals surface area (Å²) in [6, 6.07) is 7.86. The molecule has 0 spiro atoms. The predicted molar refractivity (Wildman–Crippen MR) is 72.4 cm³/mol. The maximum atomic E-state index is 5.62. The molecule has 0 aliphatic heterocycles. The van der Waals surface area contributed by atoms with Gasteiger partial charge in [0.1, 0.15) is 5.52 Å². The standard InChI is InChI=1S/C13H18N2OS/c1-10(2)9-14-7-8-17-13-15-11-5-3-4-6-12(11)16-13/h3-6,10,14H,7-9H2,1-2H3. The van der Waals surface area contributed by atoms with Crippen LogP contribution in [0.4, 0.5) is 0 Å². The molecule has 92 valence electrons. The van der Waals surface area contributed by atoms with Crippen LogP contribution in [-0.4, -0.2) is 23.8 Å².